The minimum absolute atomic E-state index is 0.129. The SMILES string of the molecule is CC(C)c1ccccc1NC(=O)[C@H](N)C(C)(C)C. The van der Waals surface area contributed by atoms with Crippen molar-refractivity contribution >= 4 is 11.6 Å². The van der Waals surface area contributed by atoms with E-state index in [1.54, 1.807) is 0 Å². The predicted molar refractivity (Wildman–Crippen MR) is 76.6 cm³/mol. The van der Waals surface area contributed by atoms with Gasteiger partial charge in [-0.15, -0.1) is 0 Å². The van der Waals surface area contributed by atoms with Crippen LogP contribution in [0.2, 0.25) is 0 Å². The molecular formula is C15H24N2O. The maximum absolute atomic E-state index is 12.1. The van der Waals surface area contributed by atoms with Crippen molar-refractivity contribution in [3.8, 4) is 0 Å². The number of nitrogens with one attached hydrogen (secondary N) is 1. The molecule has 3 nitrogen and oxygen atoms in total. The summed E-state index contributed by atoms with van der Waals surface area (Å²) >= 11 is 0. The van der Waals surface area contributed by atoms with Gasteiger partial charge >= 0.3 is 0 Å². The molecule has 0 radical (unpaired) electrons. The molecule has 18 heavy (non-hydrogen) atoms. The van der Waals surface area contributed by atoms with E-state index >= 15 is 0 Å². The number of benzene rings is 1. The highest BCUT2D eigenvalue weighted by Crippen LogP contribution is 2.25. The topological polar surface area (TPSA) is 55.1 Å². The van der Waals surface area contributed by atoms with Crippen LogP contribution in [0.3, 0.4) is 0 Å². The van der Waals surface area contributed by atoms with E-state index in [9.17, 15) is 4.79 Å². The molecule has 0 fully saturated rings. The second-order valence-electron chi connectivity index (χ2n) is 6.07. The molecule has 1 atom stereocenters. The van der Waals surface area contributed by atoms with Crippen molar-refractivity contribution in [1.82, 2.24) is 0 Å². The Hall–Kier alpha value is -1.35. The minimum Gasteiger partial charge on any atom is -0.324 e. The fourth-order valence-electron chi connectivity index (χ4n) is 1.72. The molecule has 0 aliphatic rings. The Morgan fingerprint density at radius 3 is 2.28 bits per heavy atom. The monoisotopic (exact) mass is 248 g/mol. The molecule has 1 amide bonds. The Morgan fingerprint density at radius 2 is 1.78 bits per heavy atom. The number of anilines is 1. The number of hydrogen-bond donors (Lipinski definition) is 2. The Labute approximate surface area is 110 Å². The fraction of sp³-hybridized carbons (Fsp3) is 0.533. The number of amides is 1. The highest BCUT2D eigenvalue weighted by atomic mass is 16.2. The second kappa shape index (κ2) is 5.53. The van der Waals surface area contributed by atoms with Crippen molar-refractivity contribution in [1.29, 1.82) is 0 Å². The fourth-order valence-corrected chi connectivity index (χ4v) is 1.72. The first kappa shape index (κ1) is 14.7. The maximum Gasteiger partial charge on any atom is 0.241 e. The Balaban J connectivity index is 2.89. The predicted octanol–water partition coefficient (Wildman–Crippen LogP) is 3.12. The Bertz CT molecular complexity index is 419. The van der Waals surface area contributed by atoms with Gasteiger partial charge in [-0.2, -0.15) is 0 Å². The van der Waals surface area contributed by atoms with Crippen LogP contribution in [0.4, 0.5) is 5.69 Å². The van der Waals surface area contributed by atoms with Crippen molar-refractivity contribution < 1.29 is 4.79 Å². The lowest BCUT2D eigenvalue weighted by Gasteiger charge is -2.26. The van der Waals surface area contributed by atoms with E-state index in [-0.39, 0.29) is 11.3 Å². The van der Waals surface area contributed by atoms with E-state index in [4.69, 9.17) is 5.73 Å². The van der Waals surface area contributed by atoms with Crippen LogP contribution < -0.4 is 11.1 Å². The molecule has 1 rings (SSSR count). The summed E-state index contributed by atoms with van der Waals surface area (Å²) < 4.78 is 0. The third kappa shape index (κ3) is 3.57. The third-order valence-electron chi connectivity index (χ3n) is 3.06. The van der Waals surface area contributed by atoms with Crippen molar-refractivity contribution in [3.63, 3.8) is 0 Å². The minimum atomic E-state index is -0.516. The number of nitrogens with two attached hydrogens (primary N) is 1. The number of para-hydroxylation sites is 1. The molecular weight excluding hydrogens is 224 g/mol. The van der Waals surface area contributed by atoms with Gasteiger partial charge in [0.05, 0.1) is 6.04 Å². The Kier molecular flexibility index (Phi) is 4.52. The van der Waals surface area contributed by atoms with Crippen LogP contribution in [-0.2, 0) is 4.79 Å². The third-order valence-corrected chi connectivity index (χ3v) is 3.06. The lowest BCUT2D eigenvalue weighted by molar-refractivity contribution is -0.119. The van der Waals surface area contributed by atoms with Gasteiger partial charge in [-0.05, 0) is 23.0 Å². The van der Waals surface area contributed by atoms with E-state index in [2.05, 4.69) is 19.2 Å². The van der Waals surface area contributed by atoms with E-state index in [1.165, 1.54) is 0 Å². The summed E-state index contributed by atoms with van der Waals surface area (Å²) in [5, 5.41) is 2.93. The van der Waals surface area contributed by atoms with Crippen LogP contribution in [0.15, 0.2) is 24.3 Å². The van der Waals surface area contributed by atoms with Gasteiger partial charge in [0, 0.05) is 5.69 Å². The average molecular weight is 248 g/mol. The van der Waals surface area contributed by atoms with Crippen molar-refractivity contribution in [2.24, 2.45) is 11.1 Å². The quantitative estimate of drug-likeness (QED) is 0.863. The van der Waals surface area contributed by atoms with E-state index in [0.717, 1.165) is 11.3 Å². The van der Waals surface area contributed by atoms with Crippen molar-refractivity contribution in [2.75, 3.05) is 5.32 Å². The van der Waals surface area contributed by atoms with Gasteiger partial charge in [0.2, 0.25) is 5.91 Å². The maximum atomic E-state index is 12.1. The summed E-state index contributed by atoms with van der Waals surface area (Å²) in [7, 11) is 0. The van der Waals surface area contributed by atoms with Crippen LogP contribution in [0, 0.1) is 5.41 Å². The van der Waals surface area contributed by atoms with Crippen molar-refractivity contribution in [3.05, 3.63) is 29.8 Å². The molecule has 0 heterocycles. The van der Waals surface area contributed by atoms with Gasteiger partial charge < -0.3 is 11.1 Å². The Morgan fingerprint density at radius 1 is 1.22 bits per heavy atom. The number of carbonyl (C=O) groups is 1. The van der Waals surface area contributed by atoms with Gasteiger partial charge in [0.15, 0.2) is 0 Å². The summed E-state index contributed by atoms with van der Waals surface area (Å²) in [5.41, 5.74) is 7.71. The van der Waals surface area contributed by atoms with Crippen LogP contribution >= 0.6 is 0 Å². The normalized spacial score (nSPS) is 13.5. The second-order valence-corrected chi connectivity index (χ2v) is 6.07. The van der Waals surface area contributed by atoms with E-state index in [0.29, 0.717) is 5.92 Å². The summed E-state index contributed by atoms with van der Waals surface area (Å²) in [6.07, 6.45) is 0. The molecule has 100 valence electrons. The molecule has 0 aromatic heterocycles. The standard InChI is InChI=1S/C15H24N2O/c1-10(2)11-8-6-7-9-12(11)17-14(18)13(16)15(3,4)5/h6-10,13H,16H2,1-5H3,(H,17,18)/t13-/m0/s1. The lowest BCUT2D eigenvalue weighted by atomic mass is 9.87. The number of rotatable bonds is 3. The summed E-state index contributed by atoms with van der Waals surface area (Å²) in [5.74, 6) is 0.239. The number of hydrogen-bond acceptors (Lipinski definition) is 2. The highest BCUT2D eigenvalue weighted by Gasteiger charge is 2.27. The molecule has 0 saturated carbocycles. The van der Waals surface area contributed by atoms with E-state index < -0.39 is 6.04 Å². The van der Waals surface area contributed by atoms with Crippen molar-refractivity contribution in [2.45, 2.75) is 46.6 Å². The van der Waals surface area contributed by atoms with Gasteiger partial charge in [-0.3, -0.25) is 4.79 Å². The molecule has 3 N–H and O–H groups in total. The first-order valence-corrected chi connectivity index (χ1v) is 6.39. The zero-order valence-corrected chi connectivity index (χ0v) is 11.9. The average Bonchev–Trinajstić information content (AvgIpc) is 2.27. The van der Waals surface area contributed by atoms with Gasteiger partial charge in [-0.25, -0.2) is 0 Å². The van der Waals surface area contributed by atoms with E-state index in [1.807, 2.05) is 45.0 Å². The van der Waals surface area contributed by atoms with Gasteiger partial charge in [-0.1, -0.05) is 52.8 Å². The van der Waals surface area contributed by atoms with Crippen LogP contribution in [0.5, 0.6) is 0 Å². The molecule has 1 aromatic carbocycles. The summed E-state index contributed by atoms with van der Waals surface area (Å²) in [6.45, 7) is 10.1. The van der Waals surface area contributed by atoms with Gasteiger partial charge in [0.1, 0.15) is 0 Å². The highest BCUT2D eigenvalue weighted by molar-refractivity contribution is 5.95. The zero-order chi connectivity index (χ0) is 13.9. The molecule has 0 aliphatic heterocycles. The summed E-state index contributed by atoms with van der Waals surface area (Å²) in [4.78, 5) is 12.1. The number of carbonyl (C=O) groups excluding carboxylic acids is 1. The van der Waals surface area contributed by atoms with Gasteiger partial charge in [0.25, 0.3) is 0 Å². The first-order valence-electron chi connectivity index (χ1n) is 6.39. The molecule has 0 aliphatic carbocycles. The summed E-state index contributed by atoms with van der Waals surface area (Å²) in [6, 6.07) is 7.34. The largest absolute Gasteiger partial charge is 0.324 e. The molecule has 0 spiro atoms. The zero-order valence-electron chi connectivity index (χ0n) is 11.9. The molecule has 0 bridgehead atoms. The molecule has 0 unspecified atom stereocenters. The van der Waals surface area contributed by atoms with Crippen LogP contribution in [0.1, 0.15) is 46.1 Å². The van der Waals surface area contributed by atoms with Crippen LogP contribution in [0.25, 0.3) is 0 Å². The lowest BCUT2D eigenvalue weighted by Crippen LogP contribution is -2.45. The molecule has 3 heteroatoms. The van der Waals surface area contributed by atoms with Crippen LogP contribution in [-0.4, -0.2) is 11.9 Å². The molecule has 1 aromatic rings. The molecule has 0 saturated heterocycles. The smallest absolute Gasteiger partial charge is 0.241 e. The first-order chi connectivity index (χ1) is 8.23.